The van der Waals surface area contributed by atoms with Crippen LogP contribution in [-0.4, -0.2) is 16.0 Å². The number of anilines is 1. The van der Waals surface area contributed by atoms with Gasteiger partial charge in [0, 0.05) is 19.2 Å². The largest absolute Gasteiger partial charge is 0.332 e. The van der Waals surface area contributed by atoms with Gasteiger partial charge in [0.25, 0.3) is 5.91 Å². The Morgan fingerprint density at radius 3 is 2.59 bits per heavy atom. The van der Waals surface area contributed by atoms with Crippen molar-refractivity contribution in [2.75, 3.05) is 5.32 Å². The van der Waals surface area contributed by atoms with Crippen LogP contribution in [0.3, 0.4) is 0 Å². The van der Waals surface area contributed by atoms with E-state index in [9.17, 15) is 4.79 Å². The van der Waals surface area contributed by atoms with Crippen molar-refractivity contribution in [1.82, 2.24) is 10.3 Å². The molecule has 1 aromatic heterocycles. The van der Waals surface area contributed by atoms with E-state index >= 15 is 0 Å². The first-order valence-corrected chi connectivity index (χ1v) is 11.6. The second-order valence-electron chi connectivity index (χ2n) is 6.09. The van der Waals surface area contributed by atoms with Crippen LogP contribution in [0.5, 0.6) is 0 Å². The molecule has 0 aliphatic heterocycles. The zero-order chi connectivity index (χ0) is 20.4. The number of carbonyl (C=O) groups is 1. The third kappa shape index (κ3) is 4.82. The number of amides is 1. The van der Waals surface area contributed by atoms with Crippen LogP contribution in [-0.2, 0) is 0 Å². The number of thiazole rings is 1. The lowest BCUT2D eigenvalue weighted by molar-refractivity contribution is 0.0977. The summed E-state index contributed by atoms with van der Waals surface area (Å²) in [4.78, 5) is 17.2. The monoisotopic (exact) mass is 593 g/mol. The van der Waals surface area contributed by atoms with E-state index in [1.54, 1.807) is 23.5 Å². The predicted molar refractivity (Wildman–Crippen MR) is 136 cm³/mol. The number of para-hydroxylation sites is 1. The average molecular weight is 594 g/mol. The average Bonchev–Trinajstić information content (AvgIpc) is 3.14. The summed E-state index contributed by atoms with van der Waals surface area (Å²) in [5.41, 5.74) is 3.23. The van der Waals surface area contributed by atoms with Gasteiger partial charge < -0.3 is 5.32 Å². The van der Waals surface area contributed by atoms with Crippen molar-refractivity contribution in [3.63, 3.8) is 0 Å². The van der Waals surface area contributed by atoms with Crippen molar-refractivity contribution in [3.8, 4) is 10.6 Å². The standard InChI is InChI=1S/C21H13BrIN3OS2/c22-13-7-5-12(6-8-13)19(27)26-21(28)25-16-10-9-14(23)11-15(16)20-24-17-3-1-2-4-18(17)29-20/h1-11H,(H2,25,26,27,28). The Labute approximate surface area is 199 Å². The van der Waals surface area contributed by atoms with Gasteiger partial charge >= 0.3 is 0 Å². The highest BCUT2D eigenvalue weighted by Crippen LogP contribution is 2.35. The molecular formula is C21H13BrIN3OS2. The molecule has 1 amide bonds. The summed E-state index contributed by atoms with van der Waals surface area (Å²) in [6.07, 6.45) is 0. The van der Waals surface area contributed by atoms with Crippen LogP contribution in [0, 0.1) is 3.57 Å². The van der Waals surface area contributed by atoms with Gasteiger partial charge in [-0.25, -0.2) is 4.98 Å². The lowest BCUT2D eigenvalue weighted by atomic mass is 10.2. The van der Waals surface area contributed by atoms with Crippen LogP contribution in [0.4, 0.5) is 5.69 Å². The maximum absolute atomic E-state index is 12.4. The fourth-order valence-corrected chi connectivity index (χ4v) is 4.67. The van der Waals surface area contributed by atoms with E-state index in [1.807, 2.05) is 42.5 Å². The van der Waals surface area contributed by atoms with Crippen LogP contribution in [0.2, 0.25) is 0 Å². The summed E-state index contributed by atoms with van der Waals surface area (Å²) in [7, 11) is 0. The number of carbonyl (C=O) groups excluding carboxylic acids is 1. The van der Waals surface area contributed by atoms with Crippen molar-refractivity contribution in [2.45, 2.75) is 0 Å². The molecule has 1 heterocycles. The highest BCUT2D eigenvalue weighted by Gasteiger charge is 2.14. The minimum atomic E-state index is -0.262. The van der Waals surface area contributed by atoms with E-state index in [1.165, 1.54) is 0 Å². The minimum Gasteiger partial charge on any atom is -0.332 e. The molecule has 29 heavy (non-hydrogen) atoms. The second-order valence-corrected chi connectivity index (χ2v) is 9.69. The quantitative estimate of drug-likeness (QED) is 0.211. The van der Waals surface area contributed by atoms with E-state index in [0.29, 0.717) is 5.56 Å². The molecule has 8 heteroatoms. The lowest BCUT2D eigenvalue weighted by Crippen LogP contribution is -2.34. The summed E-state index contributed by atoms with van der Waals surface area (Å²) < 4.78 is 3.12. The van der Waals surface area contributed by atoms with Gasteiger partial charge in [0.2, 0.25) is 0 Å². The Bertz CT molecular complexity index is 1190. The molecule has 0 fully saturated rings. The molecule has 0 bridgehead atoms. The predicted octanol–water partition coefficient (Wildman–Crippen LogP) is 6.46. The van der Waals surface area contributed by atoms with Gasteiger partial charge in [-0.3, -0.25) is 10.1 Å². The second kappa shape index (κ2) is 8.86. The van der Waals surface area contributed by atoms with Gasteiger partial charge in [0.15, 0.2) is 5.11 Å². The number of fused-ring (bicyclic) bond motifs is 1. The summed E-state index contributed by atoms with van der Waals surface area (Å²) in [6.45, 7) is 0. The van der Waals surface area contributed by atoms with Gasteiger partial charge in [-0.05, 0) is 89.4 Å². The summed E-state index contributed by atoms with van der Waals surface area (Å²) in [5.74, 6) is -0.262. The number of hydrogen-bond acceptors (Lipinski definition) is 4. The molecule has 4 nitrogen and oxygen atoms in total. The number of nitrogens with one attached hydrogen (secondary N) is 2. The van der Waals surface area contributed by atoms with Crippen LogP contribution in [0.15, 0.2) is 71.2 Å². The number of halogens is 2. The summed E-state index contributed by atoms with van der Waals surface area (Å²) in [5, 5.41) is 7.01. The van der Waals surface area contributed by atoms with Crippen molar-refractivity contribution in [3.05, 3.63) is 80.3 Å². The Balaban J connectivity index is 1.58. The molecule has 0 aliphatic rings. The van der Waals surface area contributed by atoms with Crippen molar-refractivity contribution < 1.29 is 4.79 Å². The molecule has 0 radical (unpaired) electrons. The minimum absolute atomic E-state index is 0.237. The number of thiocarbonyl (C=S) groups is 1. The number of nitrogens with zero attached hydrogens (tertiary/aromatic N) is 1. The molecule has 0 spiro atoms. The lowest BCUT2D eigenvalue weighted by Gasteiger charge is -2.13. The Hall–Kier alpha value is -1.88. The number of aromatic nitrogens is 1. The molecule has 4 aromatic rings. The van der Waals surface area contributed by atoms with Crippen LogP contribution in [0.1, 0.15) is 10.4 Å². The van der Waals surface area contributed by atoms with Crippen molar-refractivity contribution in [2.24, 2.45) is 0 Å². The SMILES string of the molecule is O=C(NC(=S)Nc1ccc(I)cc1-c1nc2ccccc2s1)c1ccc(Br)cc1. The van der Waals surface area contributed by atoms with Gasteiger partial charge in [0.05, 0.1) is 15.9 Å². The van der Waals surface area contributed by atoms with Gasteiger partial charge in [0.1, 0.15) is 5.01 Å². The smallest absolute Gasteiger partial charge is 0.257 e. The first-order chi connectivity index (χ1) is 14.0. The normalized spacial score (nSPS) is 10.7. The van der Waals surface area contributed by atoms with Crippen molar-refractivity contribution >= 4 is 89.0 Å². The third-order valence-corrected chi connectivity index (χ3v) is 6.56. The topological polar surface area (TPSA) is 54.0 Å². The molecule has 144 valence electrons. The number of benzene rings is 3. The first kappa shape index (κ1) is 20.4. The summed E-state index contributed by atoms with van der Waals surface area (Å²) in [6, 6.07) is 21.1. The third-order valence-electron chi connectivity index (χ3n) is 4.09. The fraction of sp³-hybridized carbons (Fsp3) is 0. The highest BCUT2D eigenvalue weighted by atomic mass is 127. The molecular weight excluding hydrogens is 581 g/mol. The highest BCUT2D eigenvalue weighted by molar-refractivity contribution is 14.1. The van der Waals surface area contributed by atoms with Gasteiger partial charge in [-0.2, -0.15) is 0 Å². The Morgan fingerprint density at radius 2 is 1.83 bits per heavy atom. The maximum Gasteiger partial charge on any atom is 0.257 e. The zero-order valence-electron chi connectivity index (χ0n) is 14.8. The molecule has 0 aliphatic carbocycles. The van der Waals surface area contributed by atoms with E-state index < -0.39 is 0 Å². The van der Waals surface area contributed by atoms with Crippen LogP contribution in [0.25, 0.3) is 20.8 Å². The first-order valence-electron chi connectivity index (χ1n) is 8.53. The van der Waals surface area contributed by atoms with Crippen LogP contribution >= 0.6 is 62.1 Å². The van der Waals surface area contributed by atoms with E-state index in [-0.39, 0.29) is 11.0 Å². The Morgan fingerprint density at radius 1 is 1.07 bits per heavy atom. The number of rotatable bonds is 3. The summed E-state index contributed by atoms with van der Waals surface area (Å²) >= 11 is 12.6. The molecule has 2 N–H and O–H groups in total. The molecule has 0 saturated heterocycles. The van der Waals surface area contributed by atoms with Gasteiger partial charge in [-0.1, -0.05) is 28.1 Å². The molecule has 3 aromatic carbocycles. The molecule has 0 atom stereocenters. The van der Waals surface area contributed by atoms with E-state index in [2.05, 4.69) is 61.3 Å². The van der Waals surface area contributed by atoms with Gasteiger partial charge in [-0.15, -0.1) is 11.3 Å². The Kier molecular flexibility index (Phi) is 6.23. The zero-order valence-corrected chi connectivity index (χ0v) is 20.2. The van der Waals surface area contributed by atoms with E-state index in [0.717, 1.165) is 34.5 Å². The van der Waals surface area contributed by atoms with E-state index in [4.69, 9.17) is 17.2 Å². The maximum atomic E-state index is 12.4. The molecule has 4 rings (SSSR count). The molecule has 0 unspecified atom stereocenters. The fourth-order valence-electron chi connectivity index (χ4n) is 2.72. The van der Waals surface area contributed by atoms with Crippen molar-refractivity contribution in [1.29, 1.82) is 0 Å². The van der Waals surface area contributed by atoms with Crippen LogP contribution < -0.4 is 10.6 Å². The number of hydrogen-bond donors (Lipinski definition) is 2. The molecule has 0 saturated carbocycles.